The quantitative estimate of drug-likeness (QED) is 0.373. The first-order valence-corrected chi connectivity index (χ1v) is 10.7. The first-order chi connectivity index (χ1) is 15.9. The van der Waals surface area contributed by atoms with Crippen LogP contribution in [0.4, 0.5) is 11.4 Å². The number of amides is 1. The van der Waals surface area contributed by atoms with Gasteiger partial charge in [0.05, 0.1) is 22.5 Å². The Bertz CT molecular complexity index is 1470. The van der Waals surface area contributed by atoms with Gasteiger partial charge in [0.1, 0.15) is 0 Å². The number of aromatic amines is 1. The second kappa shape index (κ2) is 8.27. The molecule has 0 saturated heterocycles. The zero-order valence-corrected chi connectivity index (χ0v) is 18.8. The van der Waals surface area contributed by atoms with Crippen molar-refractivity contribution in [2.75, 3.05) is 24.7 Å². The number of oxazole rings is 1. The zero-order chi connectivity index (χ0) is 23.1. The smallest absolute Gasteiger partial charge is 0.408 e. The van der Waals surface area contributed by atoms with Crippen molar-refractivity contribution < 1.29 is 9.21 Å². The molecule has 3 N–H and O–H groups in total. The van der Waals surface area contributed by atoms with Gasteiger partial charge in [-0.15, -0.1) is 0 Å². The van der Waals surface area contributed by atoms with Gasteiger partial charge < -0.3 is 20.0 Å². The monoisotopic (exact) mass is 460 g/mol. The highest BCUT2D eigenvalue weighted by Crippen LogP contribution is 2.39. The fourth-order valence-corrected chi connectivity index (χ4v) is 4.15. The summed E-state index contributed by atoms with van der Waals surface area (Å²) in [5, 5.41) is 6.86. The number of anilines is 2. The molecule has 1 amide bonds. The summed E-state index contributed by atoms with van der Waals surface area (Å²) in [6.07, 6.45) is 0. The van der Waals surface area contributed by atoms with Gasteiger partial charge in [0.2, 0.25) is 0 Å². The Labute approximate surface area is 194 Å². The van der Waals surface area contributed by atoms with Gasteiger partial charge in [-0.3, -0.25) is 9.78 Å². The van der Waals surface area contributed by atoms with E-state index in [-0.39, 0.29) is 5.91 Å². The Balaban J connectivity index is 1.65. The first-order valence-electron chi connectivity index (χ1n) is 10.4. The van der Waals surface area contributed by atoms with Crippen molar-refractivity contribution in [3.05, 3.63) is 92.9 Å². The Hall–Kier alpha value is -3.81. The van der Waals surface area contributed by atoms with Crippen molar-refractivity contribution in [2.45, 2.75) is 6.54 Å². The minimum Gasteiger partial charge on any atom is -0.408 e. The lowest BCUT2D eigenvalue weighted by molar-refractivity contribution is -0.110. The van der Waals surface area contributed by atoms with E-state index < -0.39 is 5.76 Å². The van der Waals surface area contributed by atoms with Crippen LogP contribution in [0.25, 0.3) is 22.4 Å². The van der Waals surface area contributed by atoms with E-state index in [9.17, 15) is 9.59 Å². The predicted molar refractivity (Wildman–Crippen MR) is 131 cm³/mol. The summed E-state index contributed by atoms with van der Waals surface area (Å²) in [6.45, 7) is 0.829. The molecule has 5 rings (SSSR count). The van der Waals surface area contributed by atoms with E-state index in [2.05, 4.69) is 20.5 Å². The third-order valence-corrected chi connectivity index (χ3v) is 5.64. The fourth-order valence-electron chi connectivity index (χ4n) is 3.98. The van der Waals surface area contributed by atoms with Crippen LogP contribution in [0.15, 0.2) is 69.9 Å². The van der Waals surface area contributed by atoms with Crippen LogP contribution in [0.2, 0.25) is 5.02 Å². The molecule has 0 atom stereocenters. The van der Waals surface area contributed by atoms with E-state index in [1.165, 1.54) is 5.56 Å². The van der Waals surface area contributed by atoms with Crippen LogP contribution in [-0.4, -0.2) is 29.9 Å². The number of halogens is 1. The number of H-pyrrole nitrogens is 1. The second-order valence-corrected chi connectivity index (χ2v) is 8.62. The summed E-state index contributed by atoms with van der Waals surface area (Å²) in [5.41, 5.74) is 6.23. The molecule has 1 aliphatic heterocycles. The first kappa shape index (κ1) is 21.1. The van der Waals surface area contributed by atoms with Crippen molar-refractivity contribution in [1.29, 1.82) is 0 Å². The van der Waals surface area contributed by atoms with Crippen LogP contribution in [0.5, 0.6) is 0 Å². The second-order valence-electron chi connectivity index (χ2n) is 8.18. The summed E-state index contributed by atoms with van der Waals surface area (Å²) in [6, 6.07) is 18.7. The van der Waals surface area contributed by atoms with Gasteiger partial charge in [0, 0.05) is 28.4 Å². The number of carbonyl (C=O) groups is 1. The molecule has 1 aromatic heterocycles. The average Bonchev–Trinajstić information content (AvgIpc) is 3.29. The number of hydrogen-bond donors (Lipinski definition) is 3. The number of benzene rings is 3. The van der Waals surface area contributed by atoms with Gasteiger partial charge in [-0.25, -0.2) is 4.79 Å². The van der Waals surface area contributed by atoms with Gasteiger partial charge in [0.15, 0.2) is 5.58 Å². The van der Waals surface area contributed by atoms with Crippen molar-refractivity contribution >= 4 is 51.3 Å². The molecule has 166 valence electrons. The summed E-state index contributed by atoms with van der Waals surface area (Å²) in [4.78, 5) is 29.5. The number of rotatable bonds is 5. The summed E-state index contributed by atoms with van der Waals surface area (Å²) in [7, 11) is 4.04. The Morgan fingerprint density at radius 1 is 1.03 bits per heavy atom. The van der Waals surface area contributed by atoms with Crippen LogP contribution in [-0.2, 0) is 11.3 Å². The number of fused-ring (bicyclic) bond motifs is 2. The van der Waals surface area contributed by atoms with Crippen molar-refractivity contribution in [1.82, 2.24) is 9.88 Å². The minimum absolute atomic E-state index is 0.236. The van der Waals surface area contributed by atoms with Crippen LogP contribution < -0.4 is 16.4 Å². The lowest BCUT2D eigenvalue weighted by Gasteiger charge is -2.16. The number of carbonyl (C=O) groups excluding carboxylic acids is 1. The molecule has 0 radical (unpaired) electrons. The number of nitrogens with one attached hydrogen (secondary N) is 3. The maximum atomic E-state index is 13.1. The molecule has 0 fully saturated rings. The van der Waals surface area contributed by atoms with Gasteiger partial charge in [0.25, 0.3) is 5.91 Å². The number of nitrogens with zero attached hydrogens (tertiary/aromatic N) is 1. The average molecular weight is 461 g/mol. The zero-order valence-electron chi connectivity index (χ0n) is 18.0. The largest absolute Gasteiger partial charge is 0.417 e. The predicted octanol–water partition coefficient (Wildman–Crippen LogP) is 4.77. The lowest BCUT2D eigenvalue weighted by atomic mass is 9.99. The molecule has 0 saturated carbocycles. The normalized spacial score (nSPS) is 14.5. The molecule has 3 aromatic carbocycles. The maximum absolute atomic E-state index is 13.1. The Morgan fingerprint density at radius 2 is 1.82 bits per heavy atom. The molecule has 33 heavy (non-hydrogen) atoms. The molecular formula is C25H21ClN4O3. The van der Waals surface area contributed by atoms with Gasteiger partial charge >= 0.3 is 5.76 Å². The molecule has 8 heteroatoms. The molecular weight excluding hydrogens is 440 g/mol. The van der Waals surface area contributed by atoms with Crippen molar-refractivity contribution in [2.24, 2.45) is 0 Å². The highest BCUT2D eigenvalue weighted by atomic mass is 35.5. The third-order valence-electron chi connectivity index (χ3n) is 5.41. The Kier molecular flexibility index (Phi) is 5.28. The van der Waals surface area contributed by atoms with Crippen molar-refractivity contribution in [3.8, 4) is 0 Å². The molecule has 4 aromatic rings. The minimum atomic E-state index is -0.528. The van der Waals surface area contributed by atoms with E-state index in [0.29, 0.717) is 33.1 Å². The topological polar surface area (TPSA) is 90.4 Å². The van der Waals surface area contributed by atoms with Crippen molar-refractivity contribution in [3.63, 3.8) is 0 Å². The third kappa shape index (κ3) is 4.16. The molecule has 0 spiro atoms. The summed E-state index contributed by atoms with van der Waals surface area (Å²) >= 11 is 6.13. The molecule has 2 heterocycles. The molecule has 0 unspecified atom stereocenters. The molecule has 7 nitrogen and oxygen atoms in total. The van der Waals surface area contributed by atoms with Crippen LogP contribution >= 0.6 is 11.6 Å². The molecule has 1 aliphatic rings. The maximum Gasteiger partial charge on any atom is 0.417 e. The summed E-state index contributed by atoms with van der Waals surface area (Å²) < 4.78 is 5.14. The van der Waals surface area contributed by atoms with E-state index in [4.69, 9.17) is 16.0 Å². The standard InChI is InChI=1S/C25H21ClN4O3/c1-30(2)13-14-3-7-17(8-4-14)27-23(15-5-10-21-20(11-15)29-25(32)33-21)22-18-9-6-16(26)12-19(18)28-24(22)31/h3-12,27H,13H2,1-2H3,(H,28,31)(H,29,32)/b23-22-. The van der Waals surface area contributed by atoms with Crippen LogP contribution in [0.3, 0.4) is 0 Å². The number of hydrogen-bond acceptors (Lipinski definition) is 5. The van der Waals surface area contributed by atoms with Gasteiger partial charge in [-0.1, -0.05) is 29.8 Å². The number of aromatic nitrogens is 1. The van der Waals surface area contributed by atoms with E-state index >= 15 is 0 Å². The van der Waals surface area contributed by atoms with E-state index in [1.54, 1.807) is 24.3 Å². The molecule has 0 bridgehead atoms. The molecule has 0 aliphatic carbocycles. The lowest BCUT2D eigenvalue weighted by Crippen LogP contribution is -2.11. The highest BCUT2D eigenvalue weighted by molar-refractivity contribution is 6.38. The van der Waals surface area contributed by atoms with Crippen LogP contribution in [0.1, 0.15) is 16.7 Å². The SMILES string of the molecule is CN(C)Cc1ccc(N/C(=C2\C(=O)Nc3cc(Cl)ccc32)c2ccc3oc(=O)[nH]c3c2)cc1. The Morgan fingerprint density at radius 3 is 2.58 bits per heavy atom. The van der Waals surface area contributed by atoms with Gasteiger partial charge in [-0.05, 0) is 62.1 Å². The van der Waals surface area contributed by atoms with Crippen LogP contribution in [0, 0.1) is 0 Å². The fraction of sp³-hybridized carbons (Fsp3) is 0.120. The summed E-state index contributed by atoms with van der Waals surface area (Å²) in [5.74, 6) is -0.765. The van der Waals surface area contributed by atoms with E-state index in [1.807, 2.05) is 50.5 Å². The van der Waals surface area contributed by atoms with E-state index in [0.717, 1.165) is 23.4 Å². The van der Waals surface area contributed by atoms with Gasteiger partial charge in [-0.2, -0.15) is 0 Å². The highest BCUT2D eigenvalue weighted by Gasteiger charge is 2.29.